The van der Waals surface area contributed by atoms with E-state index in [2.05, 4.69) is 34.5 Å². The van der Waals surface area contributed by atoms with Crippen LogP contribution in [-0.2, 0) is 16.3 Å². The van der Waals surface area contributed by atoms with Gasteiger partial charge >= 0.3 is 0 Å². The Morgan fingerprint density at radius 3 is 2.71 bits per heavy atom. The summed E-state index contributed by atoms with van der Waals surface area (Å²) in [6, 6.07) is 10.9. The van der Waals surface area contributed by atoms with E-state index in [0.29, 0.717) is 30.5 Å². The lowest BCUT2D eigenvalue weighted by Gasteiger charge is -2.33. The van der Waals surface area contributed by atoms with Crippen LogP contribution < -0.4 is 5.32 Å². The van der Waals surface area contributed by atoms with Gasteiger partial charge in [-0.1, -0.05) is 37.3 Å². The molecule has 1 fully saturated rings. The smallest absolute Gasteiger partial charge is 0.151 e. The van der Waals surface area contributed by atoms with Gasteiger partial charge in [0.15, 0.2) is 9.84 Å². The van der Waals surface area contributed by atoms with E-state index in [-0.39, 0.29) is 0 Å². The highest BCUT2D eigenvalue weighted by Gasteiger charge is 2.21. The first-order valence-corrected chi connectivity index (χ1v) is 9.61. The van der Waals surface area contributed by atoms with Gasteiger partial charge in [0.05, 0.1) is 5.75 Å². The summed E-state index contributed by atoms with van der Waals surface area (Å²) >= 11 is 0. The third-order valence-corrected chi connectivity index (χ3v) is 5.73. The van der Waals surface area contributed by atoms with E-state index in [1.165, 1.54) is 5.56 Å². The van der Waals surface area contributed by atoms with Crippen molar-refractivity contribution in [3.63, 3.8) is 0 Å². The molecule has 1 saturated heterocycles. The molecule has 0 bridgehead atoms. The lowest BCUT2D eigenvalue weighted by molar-refractivity contribution is 0.209. The van der Waals surface area contributed by atoms with Gasteiger partial charge in [0.1, 0.15) is 0 Å². The summed E-state index contributed by atoms with van der Waals surface area (Å²) in [5.74, 6) is 0.603. The molecule has 118 valence electrons. The van der Waals surface area contributed by atoms with Gasteiger partial charge in [-0.2, -0.15) is 0 Å². The molecule has 1 heterocycles. The molecule has 0 saturated carbocycles. The molecule has 0 spiro atoms. The number of nitrogens with one attached hydrogen (secondary N) is 1. The fraction of sp³-hybridized carbons (Fsp3) is 0.625. The second-order valence-electron chi connectivity index (χ2n) is 5.79. The van der Waals surface area contributed by atoms with Crippen LogP contribution in [0, 0.1) is 0 Å². The Bertz CT molecular complexity index is 516. The Labute approximate surface area is 128 Å². The second kappa shape index (κ2) is 7.92. The van der Waals surface area contributed by atoms with E-state index in [4.69, 9.17) is 0 Å². The van der Waals surface area contributed by atoms with Crippen LogP contribution in [0.1, 0.15) is 18.9 Å². The van der Waals surface area contributed by atoms with E-state index in [9.17, 15) is 8.42 Å². The van der Waals surface area contributed by atoms with Gasteiger partial charge in [0, 0.05) is 38.0 Å². The van der Waals surface area contributed by atoms with Gasteiger partial charge < -0.3 is 5.32 Å². The third kappa shape index (κ3) is 5.77. The molecule has 0 amide bonds. The number of sulfone groups is 1. The van der Waals surface area contributed by atoms with Gasteiger partial charge in [0.25, 0.3) is 0 Å². The van der Waals surface area contributed by atoms with Crippen molar-refractivity contribution in [2.45, 2.75) is 25.8 Å². The van der Waals surface area contributed by atoms with Crippen molar-refractivity contribution in [1.82, 2.24) is 10.2 Å². The normalized spacial score (nSPS) is 20.5. The summed E-state index contributed by atoms with van der Waals surface area (Å²) in [7, 11) is -2.87. The Kier molecular flexibility index (Phi) is 6.21. The van der Waals surface area contributed by atoms with Crippen LogP contribution in [0.5, 0.6) is 0 Å². The zero-order chi connectivity index (χ0) is 15.1. The fourth-order valence-corrected chi connectivity index (χ4v) is 4.18. The maximum atomic E-state index is 11.8. The number of hydrogen-bond acceptors (Lipinski definition) is 4. The van der Waals surface area contributed by atoms with Crippen molar-refractivity contribution in [2.24, 2.45) is 0 Å². The molecular formula is C16H26N2O2S. The second-order valence-corrected chi connectivity index (χ2v) is 8.10. The van der Waals surface area contributed by atoms with Crippen LogP contribution in [0.2, 0.25) is 0 Å². The largest absolute Gasteiger partial charge is 0.311 e. The molecule has 1 aliphatic heterocycles. The number of benzene rings is 1. The highest BCUT2D eigenvalue weighted by Crippen LogP contribution is 2.08. The average Bonchev–Trinajstić information content (AvgIpc) is 2.47. The molecule has 0 aliphatic carbocycles. The quantitative estimate of drug-likeness (QED) is 0.825. The van der Waals surface area contributed by atoms with Gasteiger partial charge in [-0.05, 0) is 18.4 Å². The zero-order valence-electron chi connectivity index (χ0n) is 12.8. The Hall–Kier alpha value is -0.910. The number of hydrogen-bond donors (Lipinski definition) is 1. The van der Waals surface area contributed by atoms with Crippen LogP contribution in [0.3, 0.4) is 0 Å². The van der Waals surface area contributed by atoms with Crippen LogP contribution in [0.25, 0.3) is 0 Å². The lowest BCUT2D eigenvalue weighted by atomic mass is 10.0. The molecule has 1 atom stereocenters. The van der Waals surface area contributed by atoms with Crippen molar-refractivity contribution in [2.75, 3.05) is 37.7 Å². The minimum atomic E-state index is -2.87. The molecule has 5 heteroatoms. The SMILES string of the molecule is CCCS(=O)(=O)CCN1CCNC(Cc2ccccc2)C1. The lowest BCUT2D eigenvalue weighted by Crippen LogP contribution is -2.52. The molecule has 2 rings (SSSR count). The monoisotopic (exact) mass is 310 g/mol. The highest BCUT2D eigenvalue weighted by molar-refractivity contribution is 7.91. The molecule has 0 radical (unpaired) electrons. The van der Waals surface area contributed by atoms with E-state index in [1.54, 1.807) is 0 Å². The van der Waals surface area contributed by atoms with Crippen LogP contribution in [-0.4, -0.2) is 57.0 Å². The molecule has 4 nitrogen and oxygen atoms in total. The summed E-state index contributed by atoms with van der Waals surface area (Å²) in [6.45, 7) is 5.38. The number of piperazine rings is 1. The molecule has 21 heavy (non-hydrogen) atoms. The van der Waals surface area contributed by atoms with Gasteiger partial charge in [-0.3, -0.25) is 4.90 Å². The first-order chi connectivity index (χ1) is 10.1. The van der Waals surface area contributed by atoms with E-state index in [0.717, 1.165) is 26.1 Å². The Morgan fingerprint density at radius 2 is 2.00 bits per heavy atom. The molecule has 0 aromatic heterocycles. The fourth-order valence-electron chi connectivity index (χ4n) is 2.81. The summed E-state index contributed by atoms with van der Waals surface area (Å²) in [5, 5.41) is 3.53. The number of rotatable bonds is 7. The molecule has 1 aromatic rings. The summed E-state index contributed by atoms with van der Waals surface area (Å²) < 4.78 is 23.6. The van der Waals surface area contributed by atoms with Crippen molar-refractivity contribution in [1.29, 1.82) is 0 Å². The van der Waals surface area contributed by atoms with Gasteiger partial charge in [-0.15, -0.1) is 0 Å². The molecule has 1 aromatic carbocycles. The molecule has 1 N–H and O–H groups in total. The standard InChI is InChI=1S/C16H26N2O2S/c1-2-11-21(19,20)12-10-18-9-8-17-16(14-18)13-15-6-4-3-5-7-15/h3-7,16-17H,2,8-14H2,1H3. The first-order valence-electron chi connectivity index (χ1n) is 7.79. The Balaban J connectivity index is 1.81. The minimum Gasteiger partial charge on any atom is -0.311 e. The summed E-state index contributed by atoms with van der Waals surface area (Å²) in [4.78, 5) is 2.28. The Morgan fingerprint density at radius 1 is 1.24 bits per heavy atom. The predicted molar refractivity (Wildman–Crippen MR) is 87.3 cm³/mol. The van der Waals surface area contributed by atoms with Crippen molar-refractivity contribution in [3.05, 3.63) is 35.9 Å². The van der Waals surface area contributed by atoms with Crippen molar-refractivity contribution in [3.8, 4) is 0 Å². The van der Waals surface area contributed by atoms with E-state index in [1.807, 2.05) is 13.0 Å². The molecule has 1 unspecified atom stereocenters. The van der Waals surface area contributed by atoms with E-state index >= 15 is 0 Å². The highest BCUT2D eigenvalue weighted by atomic mass is 32.2. The average molecular weight is 310 g/mol. The minimum absolute atomic E-state index is 0.291. The van der Waals surface area contributed by atoms with Gasteiger partial charge in [-0.25, -0.2) is 8.42 Å². The maximum Gasteiger partial charge on any atom is 0.151 e. The molecule has 1 aliphatic rings. The first kappa shape index (κ1) is 16.5. The van der Waals surface area contributed by atoms with Crippen molar-refractivity contribution < 1.29 is 8.42 Å². The van der Waals surface area contributed by atoms with Gasteiger partial charge in [0.2, 0.25) is 0 Å². The van der Waals surface area contributed by atoms with Crippen LogP contribution in [0.4, 0.5) is 0 Å². The van der Waals surface area contributed by atoms with Crippen LogP contribution in [0.15, 0.2) is 30.3 Å². The third-order valence-electron chi connectivity index (χ3n) is 3.90. The predicted octanol–water partition coefficient (Wildman–Crippen LogP) is 1.33. The topological polar surface area (TPSA) is 49.4 Å². The maximum absolute atomic E-state index is 11.8. The number of nitrogens with zero attached hydrogens (tertiary/aromatic N) is 1. The molecular weight excluding hydrogens is 284 g/mol. The van der Waals surface area contributed by atoms with Crippen molar-refractivity contribution >= 4 is 9.84 Å². The summed E-state index contributed by atoms with van der Waals surface area (Å²) in [6.07, 6.45) is 1.71. The summed E-state index contributed by atoms with van der Waals surface area (Å²) in [5.41, 5.74) is 1.33. The van der Waals surface area contributed by atoms with E-state index < -0.39 is 9.84 Å². The van der Waals surface area contributed by atoms with Crippen LogP contribution >= 0.6 is 0 Å². The zero-order valence-corrected chi connectivity index (χ0v) is 13.6.